The molecule has 0 radical (unpaired) electrons. The topological polar surface area (TPSA) is 81.9 Å². The Morgan fingerprint density at radius 1 is 1.12 bits per heavy atom. The van der Waals surface area contributed by atoms with Crippen LogP contribution in [0.25, 0.3) is 33.1 Å². The highest BCUT2D eigenvalue weighted by molar-refractivity contribution is 6.03. The van der Waals surface area contributed by atoms with Gasteiger partial charge in [0.25, 0.3) is 0 Å². The molecule has 0 spiro atoms. The van der Waals surface area contributed by atoms with E-state index in [-0.39, 0.29) is 0 Å². The summed E-state index contributed by atoms with van der Waals surface area (Å²) in [6, 6.07) is 10.3. The van der Waals surface area contributed by atoms with Gasteiger partial charge in [-0.3, -0.25) is 9.97 Å². The van der Waals surface area contributed by atoms with Gasteiger partial charge in [0, 0.05) is 42.9 Å². The molecular formula is C26H31N5O2. The number of pyridine rings is 2. The predicted molar refractivity (Wildman–Crippen MR) is 131 cm³/mol. The van der Waals surface area contributed by atoms with E-state index < -0.39 is 11.7 Å². The van der Waals surface area contributed by atoms with Gasteiger partial charge in [-0.05, 0) is 44.9 Å². The lowest BCUT2D eigenvalue weighted by atomic mass is 10.0. The number of imidazole rings is 1. The van der Waals surface area contributed by atoms with E-state index in [1.807, 2.05) is 45.3 Å². The van der Waals surface area contributed by atoms with Crippen molar-refractivity contribution >= 4 is 28.0 Å². The van der Waals surface area contributed by atoms with Gasteiger partial charge in [-0.2, -0.15) is 0 Å². The summed E-state index contributed by atoms with van der Waals surface area (Å²) >= 11 is 0. The summed E-state index contributed by atoms with van der Waals surface area (Å²) in [7, 11) is 0. The van der Waals surface area contributed by atoms with Gasteiger partial charge < -0.3 is 14.6 Å². The standard InChI is InChI=1S/C26H31N5O2/c1-5-6-9-23-30-22-17-29-21-15-18(19-8-7-12-27-16-19)10-11-20(21)24(22)31(23)14-13-28-25(32)33-26(2,3)4/h7-8,10-12,15-17H,5-6,9,13-14H2,1-4H3,(H,28,32). The minimum Gasteiger partial charge on any atom is -0.444 e. The molecule has 0 fully saturated rings. The van der Waals surface area contributed by atoms with Crippen molar-refractivity contribution in [1.82, 2.24) is 24.8 Å². The molecular weight excluding hydrogens is 414 g/mol. The second-order valence-electron chi connectivity index (χ2n) is 9.18. The zero-order valence-electron chi connectivity index (χ0n) is 19.8. The monoisotopic (exact) mass is 445 g/mol. The molecule has 0 aliphatic rings. The van der Waals surface area contributed by atoms with Crippen LogP contribution in [0.4, 0.5) is 4.79 Å². The maximum atomic E-state index is 12.1. The molecule has 0 unspecified atom stereocenters. The van der Waals surface area contributed by atoms with E-state index in [0.29, 0.717) is 13.1 Å². The third kappa shape index (κ3) is 5.30. The maximum Gasteiger partial charge on any atom is 0.407 e. The first-order chi connectivity index (χ1) is 15.9. The molecule has 4 aromatic rings. The number of unbranched alkanes of at least 4 members (excludes halogenated alkanes) is 1. The summed E-state index contributed by atoms with van der Waals surface area (Å²) in [6.07, 6.45) is 8.09. The molecule has 0 aliphatic heterocycles. The van der Waals surface area contributed by atoms with E-state index in [9.17, 15) is 4.79 Å². The molecule has 4 rings (SSSR count). The number of carbonyl (C=O) groups excluding carboxylic acids is 1. The van der Waals surface area contributed by atoms with Gasteiger partial charge in [0.15, 0.2) is 0 Å². The third-order valence-electron chi connectivity index (χ3n) is 5.40. The average molecular weight is 446 g/mol. The number of alkyl carbamates (subject to hydrolysis) is 1. The fraction of sp³-hybridized carbons (Fsp3) is 0.385. The Bertz CT molecular complexity index is 1260. The molecule has 1 N–H and O–H groups in total. The van der Waals surface area contributed by atoms with Crippen molar-refractivity contribution < 1.29 is 9.53 Å². The summed E-state index contributed by atoms with van der Waals surface area (Å²) < 4.78 is 7.59. The van der Waals surface area contributed by atoms with Gasteiger partial charge in [0.2, 0.25) is 0 Å². The van der Waals surface area contributed by atoms with Crippen LogP contribution in [0.15, 0.2) is 48.9 Å². The molecule has 3 aromatic heterocycles. The number of hydrogen-bond donors (Lipinski definition) is 1. The van der Waals surface area contributed by atoms with E-state index in [2.05, 4.69) is 40.0 Å². The highest BCUT2D eigenvalue weighted by Gasteiger charge is 2.17. The predicted octanol–water partition coefficient (Wildman–Crippen LogP) is 5.51. The molecule has 0 atom stereocenters. The number of hydrogen-bond acceptors (Lipinski definition) is 5. The Morgan fingerprint density at radius 2 is 1.97 bits per heavy atom. The second kappa shape index (κ2) is 9.57. The zero-order valence-corrected chi connectivity index (χ0v) is 19.8. The van der Waals surface area contributed by atoms with Crippen molar-refractivity contribution in [3.05, 3.63) is 54.7 Å². The van der Waals surface area contributed by atoms with Crippen molar-refractivity contribution in [3.63, 3.8) is 0 Å². The minimum absolute atomic E-state index is 0.408. The van der Waals surface area contributed by atoms with Gasteiger partial charge >= 0.3 is 6.09 Å². The van der Waals surface area contributed by atoms with Crippen LogP contribution in [0.2, 0.25) is 0 Å². The highest BCUT2D eigenvalue weighted by Crippen LogP contribution is 2.29. The highest BCUT2D eigenvalue weighted by atomic mass is 16.6. The lowest BCUT2D eigenvalue weighted by Gasteiger charge is -2.20. The quantitative estimate of drug-likeness (QED) is 0.405. The number of aryl methyl sites for hydroxylation is 1. The molecule has 0 bridgehead atoms. The van der Waals surface area contributed by atoms with Gasteiger partial charge in [-0.25, -0.2) is 9.78 Å². The van der Waals surface area contributed by atoms with Gasteiger partial charge in [-0.1, -0.05) is 31.5 Å². The Balaban J connectivity index is 1.69. The summed E-state index contributed by atoms with van der Waals surface area (Å²) in [6.45, 7) is 8.82. The summed E-state index contributed by atoms with van der Waals surface area (Å²) in [4.78, 5) is 25.9. The summed E-state index contributed by atoms with van der Waals surface area (Å²) in [5, 5.41) is 3.92. The van der Waals surface area contributed by atoms with Crippen molar-refractivity contribution in [1.29, 1.82) is 0 Å². The van der Waals surface area contributed by atoms with Crippen LogP contribution in [-0.4, -0.2) is 37.8 Å². The van der Waals surface area contributed by atoms with E-state index in [0.717, 1.165) is 58.2 Å². The molecule has 7 heteroatoms. The number of aromatic nitrogens is 4. The fourth-order valence-electron chi connectivity index (χ4n) is 3.93. The van der Waals surface area contributed by atoms with E-state index in [4.69, 9.17) is 14.7 Å². The molecule has 0 aliphatic carbocycles. The zero-order chi connectivity index (χ0) is 23.4. The maximum absolute atomic E-state index is 12.1. The molecule has 0 saturated heterocycles. The molecule has 0 saturated carbocycles. The van der Waals surface area contributed by atoms with E-state index in [1.165, 1.54) is 0 Å². The molecule has 172 valence electrons. The van der Waals surface area contributed by atoms with Crippen LogP contribution in [0, 0.1) is 0 Å². The van der Waals surface area contributed by atoms with Crippen LogP contribution in [0.3, 0.4) is 0 Å². The summed E-state index contributed by atoms with van der Waals surface area (Å²) in [5.41, 5.74) is 4.44. The number of nitrogens with one attached hydrogen (secondary N) is 1. The Kier molecular flexibility index (Phi) is 6.58. The van der Waals surface area contributed by atoms with E-state index >= 15 is 0 Å². The number of rotatable bonds is 7. The van der Waals surface area contributed by atoms with Crippen molar-refractivity contribution in [3.8, 4) is 11.1 Å². The molecule has 3 heterocycles. The van der Waals surface area contributed by atoms with Crippen LogP contribution < -0.4 is 5.32 Å². The van der Waals surface area contributed by atoms with E-state index in [1.54, 1.807) is 6.20 Å². The average Bonchev–Trinajstić information content (AvgIpc) is 3.14. The van der Waals surface area contributed by atoms with Gasteiger partial charge in [0.1, 0.15) is 16.9 Å². The van der Waals surface area contributed by atoms with Crippen LogP contribution >= 0.6 is 0 Å². The van der Waals surface area contributed by atoms with Crippen molar-refractivity contribution in [2.45, 2.75) is 59.1 Å². The van der Waals surface area contributed by atoms with Gasteiger partial charge in [-0.15, -0.1) is 0 Å². The first kappa shape index (κ1) is 22.7. The van der Waals surface area contributed by atoms with Crippen LogP contribution in [0.5, 0.6) is 0 Å². The number of benzene rings is 1. The SMILES string of the molecule is CCCCc1nc2cnc3cc(-c4cccnc4)ccc3c2n1CCNC(=O)OC(C)(C)C. The fourth-order valence-corrected chi connectivity index (χ4v) is 3.93. The first-order valence-corrected chi connectivity index (χ1v) is 11.5. The third-order valence-corrected chi connectivity index (χ3v) is 5.40. The number of fused-ring (bicyclic) bond motifs is 3. The normalized spacial score (nSPS) is 11.8. The van der Waals surface area contributed by atoms with Gasteiger partial charge in [0.05, 0.1) is 17.2 Å². The lowest BCUT2D eigenvalue weighted by Crippen LogP contribution is -2.34. The number of carbonyl (C=O) groups is 1. The Hall–Kier alpha value is -3.48. The van der Waals surface area contributed by atoms with Crippen molar-refractivity contribution in [2.24, 2.45) is 0 Å². The van der Waals surface area contributed by atoms with Crippen molar-refractivity contribution in [2.75, 3.05) is 6.54 Å². The molecule has 7 nitrogen and oxygen atoms in total. The molecule has 1 amide bonds. The minimum atomic E-state index is -0.522. The number of ether oxygens (including phenoxy) is 1. The lowest BCUT2D eigenvalue weighted by molar-refractivity contribution is 0.0526. The first-order valence-electron chi connectivity index (χ1n) is 11.5. The second-order valence-corrected chi connectivity index (χ2v) is 9.18. The Labute approximate surface area is 194 Å². The van der Waals surface area contributed by atoms with Crippen LogP contribution in [0.1, 0.15) is 46.4 Å². The number of amides is 1. The smallest absolute Gasteiger partial charge is 0.407 e. The molecule has 1 aromatic carbocycles. The summed E-state index contributed by atoms with van der Waals surface area (Å²) in [5.74, 6) is 1.02. The molecule has 33 heavy (non-hydrogen) atoms. The largest absolute Gasteiger partial charge is 0.444 e. The number of nitrogens with zero attached hydrogens (tertiary/aromatic N) is 4. The van der Waals surface area contributed by atoms with Crippen LogP contribution in [-0.2, 0) is 17.7 Å². The Morgan fingerprint density at radius 3 is 2.70 bits per heavy atom.